The van der Waals surface area contributed by atoms with Gasteiger partial charge < -0.3 is 4.74 Å². The fourth-order valence-corrected chi connectivity index (χ4v) is 1.43. The summed E-state index contributed by atoms with van der Waals surface area (Å²) < 4.78 is 7.06. The van der Waals surface area contributed by atoms with Crippen LogP contribution in [0.1, 0.15) is 12.6 Å². The zero-order valence-electron chi connectivity index (χ0n) is 9.13. The minimum absolute atomic E-state index is 0.580. The summed E-state index contributed by atoms with van der Waals surface area (Å²) in [7, 11) is 0. The molecule has 1 heterocycles. The molecule has 0 fully saturated rings. The normalized spacial score (nSPS) is 10.1. The molecule has 1 aromatic carbocycles. The molecule has 0 saturated carbocycles. The van der Waals surface area contributed by atoms with Gasteiger partial charge in [-0.1, -0.05) is 30.0 Å². The molecule has 0 spiro atoms. The third-order valence-electron chi connectivity index (χ3n) is 2.15. The van der Waals surface area contributed by atoms with Crippen molar-refractivity contribution in [1.29, 1.82) is 0 Å². The van der Waals surface area contributed by atoms with Crippen LogP contribution in [0.4, 0.5) is 0 Å². The van der Waals surface area contributed by atoms with Gasteiger partial charge in [-0.05, 0) is 19.1 Å². The minimum atomic E-state index is 0.580. The van der Waals surface area contributed by atoms with Gasteiger partial charge in [0.15, 0.2) is 0 Å². The maximum Gasteiger partial charge on any atom is 0.139 e. The van der Waals surface area contributed by atoms with Crippen LogP contribution in [0.2, 0.25) is 0 Å². The lowest BCUT2D eigenvalue weighted by Crippen LogP contribution is -2.02. The van der Waals surface area contributed by atoms with Gasteiger partial charge in [-0.2, -0.15) is 0 Å². The van der Waals surface area contributed by atoms with Gasteiger partial charge in [0.2, 0.25) is 0 Å². The molecule has 0 aliphatic carbocycles. The smallest absolute Gasteiger partial charge is 0.139 e. The van der Waals surface area contributed by atoms with Crippen LogP contribution >= 0.6 is 0 Å². The zero-order chi connectivity index (χ0) is 11.4. The second kappa shape index (κ2) is 4.61. The summed E-state index contributed by atoms with van der Waals surface area (Å²) in [5.41, 5.74) is 1.71. The van der Waals surface area contributed by atoms with Gasteiger partial charge in [0.25, 0.3) is 0 Å². The van der Waals surface area contributed by atoms with Crippen LogP contribution in [0.5, 0.6) is 0 Å². The van der Waals surface area contributed by atoms with Crippen molar-refractivity contribution in [3.63, 3.8) is 0 Å². The van der Waals surface area contributed by atoms with Gasteiger partial charge in [-0.25, -0.2) is 4.68 Å². The predicted molar refractivity (Wildman–Crippen MR) is 62.0 cm³/mol. The number of hydrogen-bond acceptors (Lipinski definition) is 3. The summed E-state index contributed by atoms with van der Waals surface area (Å²) in [5, 5.41) is 7.89. The minimum Gasteiger partial charge on any atom is -0.492 e. The molecule has 0 bridgehead atoms. The lowest BCUT2D eigenvalue weighted by Gasteiger charge is -2.08. The number of benzene rings is 1. The maximum atomic E-state index is 5.35. The molecule has 0 atom stereocenters. The Balaban J connectivity index is 2.37. The van der Waals surface area contributed by atoms with E-state index in [1.54, 1.807) is 10.9 Å². The highest BCUT2D eigenvalue weighted by atomic mass is 16.5. The number of aromatic nitrogens is 3. The van der Waals surface area contributed by atoms with Crippen molar-refractivity contribution >= 4 is 5.76 Å². The van der Waals surface area contributed by atoms with Crippen molar-refractivity contribution in [2.45, 2.75) is 6.92 Å². The molecular formula is C12H13N3O. The van der Waals surface area contributed by atoms with Crippen molar-refractivity contribution in [3.8, 4) is 5.69 Å². The Morgan fingerprint density at radius 1 is 1.38 bits per heavy atom. The van der Waals surface area contributed by atoms with Gasteiger partial charge in [-0.3, -0.25) is 0 Å². The molecule has 2 aromatic rings. The first-order valence-electron chi connectivity index (χ1n) is 5.11. The summed E-state index contributed by atoms with van der Waals surface area (Å²) in [6.45, 7) is 6.35. The van der Waals surface area contributed by atoms with Crippen LogP contribution in [-0.2, 0) is 4.74 Å². The van der Waals surface area contributed by atoms with E-state index in [1.807, 2.05) is 37.3 Å². The molecule has 16 heavy (non-hydrogen) atoms. The summed E-state index contributed by atoms with van der Waals surface area (Å²) in [6.07, 6.45) is 1.64. The Morgan fingerprint density at radius 2 is 2.12 bits per heavy atom. The topological polar surface area (TPSA) is 39.9 Å². The first-order chi connectivity index (χ1) is 7.83. The summed E-state index contributed by atoms with van der Waals surface area (Å²) >= 11 is 0. The standard InChI is InChI=1S/C12H13N3O/c1-3-16-10(2)12-9-13-14-15(12)11-7-5-4-6-8-11/h4-9H,2-3H2,1H3. The first-order valence-corrected chi connectivity index (χ1v) is 5.11. The monoisotopic (exact) mass is 215 g/mol. The highest BCUT2D eigenvalue weighted by Gasteiger charge is 2.09. The van der Waals surface area contributed by atoms with Crippen LogP contribution in [0.3, 0.4) is 0 Å². The Morgan fingerprint density at radius 3 is 2.81 bits per heavy atom. The van der Waals surface area contributed by atoms with E-state index in [9.17, 15) is 0 Å². The average molecular weight is 215 g/mol. The molecule has 0 amide bonds. The molecule has 0 radical (unpaired) electrons. The van der Waals surface area contributed by atoms with Crippen LogP contribution in [0.15, 0.2) is 43.1 Å². The second-order valence-corrected chi connectivity index (χ2v) is 3.22. The Labute approximate surface area is 94.2 Å². The Hall–Kier alpha value is -2.10. The fourth-order valence-electron chi connectivity index (χ4n) is 1.43. The van der Waals surface area contributed by atoms with Crippen molar-refractivity contribution in [3.05, 3.63) is 48.8 Å². The number of ether oxygens (including phenoxy) is 1. The predicted octanol–water partition coefficient (Wildman–Crippen LogP) is 2.27. The molecule has 2 rings (SSSR count). The number of para-hydroxylation sites is 1. The van der Waals surface area contributed by atoms with E-state index in [4.69, 9.17) is 4.74 Å². The third kappa shape index (κ3) is 1.95. The Bertz CT molecular complexity index is 476. The molecule has 0 aliphatic heterocycles. The summed E-state index contributed by atoms with van der Waals surface area (Å²) in [4.78, 5) is 0. The van der Waals surface area contributed by atoms with Crippen LogP contribution in [0.25, 0.3) is 11.4 Å². The quantitative estimate of drug-likeness (QED) is 0.734. The maximum absolute atomic E-state index is 5.35. The number of rotatable bonds is 4. The van der Waals surface area contributed by atoms with Gasteiger partial charge >= 0.3 is 0 Å². The lowest BCUT2D eigenvalue weighted by molar-refractivity contribution is 0.296. The van der Waals surface area contributed by atoms with Crippen LogP contribution in [0, 0.1) is 0 Å². The molecule has 1 aromatic heterocycles. The van der Waals surface area contributed by atoms with E-state index in [-0.39, 0.29) is 0 Å². The summed E-state index contributed by atoms with van der Waals surface area (Å²) in [6, 6.07) is 9.76. The highest BCUT2D eigenvalue weighted by molar-refractivity contribution is 5.55. The van der Waals surface area contributed by atoms with Gasteiger partial charge in [0, 0.05) is 0 Å². The summed E-state index contributed by atoms with van der Waals surface area (Å²) in [5.74, 6) is 0.580. The van der Waals surface area contributed by atoms with E-state index < -0.39 is 0 Å². The van der Waals surface area contributed by atoms with Crippen molar-refractivity contribution in [2.24, 2.45) is 0 Å². The largest absolute Gasteiger partial charge is 0.492 e. The van der Waals surface area contributed by atoms with Gasteiger partial charge in [0.05, 0.1) is 18.5 Å². The lowest BCUT2D eigenvalue weighted by atomic mass is 10.3. The van der Waals surface area contributed by atoms with Crippen molar-refractivity contribution in [1.82, 2.24) is 15.0 Å². The Kier molecular flexibility index (Phi) is 3.00. The molecule has 0 unspecified atom stereocenters. The zero-order valence-corrected chi connectivity index (χ0v) is 9.13. The van der Waals surface area contributed by atoms with E-state index in [2.05, 4.69) is 16.9 Å². The van der Waals surface area contributed by atoms with Crippen molar-refractivity contribution in [2.75, 3.05) is 6.61 Å². The number of hydrogen-bond donors (Lipinski definition) is 0. The molecule has 0 aliphatic rings. The molecule has 0 saturated heterocycles. The molecule has 4 nitrogen and oxygen atoms in total. The van der Waals surface area contributed by atoms with Crippen LogP contribution < -0.4 is 0 Å². The van der Waals surface area contributed by atoms with E-state index in [0.717, 1.165) is 11.4 Å². The van der Waals surface area contributed by atoms with E-state index in [0.29, 0.717) is 12.4 Å². The SMILES string of the molecule is C=C(OCC)c1cnnn1-c1ccccc1. The molecule has 82 valence electrons. The second-order valence-electron chi connectivity index (χ2n) is 3.22. The van der Waals surface area contributed by atoms with Crippen LogP contribution in [-0.4, -0.2) is 21.6 Å². The highest BCUT2D eigenvalue weighted by Crippen LogP contribution is 2.16. The molecule has 4 heteroatoms. The first kappa shape index (κ1) is 10.4. The molecule has 0 N–H and O–H groups in total. The fraction of sp³-hybridized carbons (Fsp3) is 0.167. The molecular weight excluding hydrogens is 202 g/mol. The average Bonchev–Trinajstić information content (AvgIpc) is 2.79. The van der Waals surface area contributed by atoms with Gasteiger partial charge in [-0.15, -0.1) is 5.10 Å². The third-order valence-corrected chi connectivity index (χ3v) is 2.15. The number of nitrogens with zero attached hydrogens (tertiary/aromatic N) is 3. The van der Waals surface area contributed by atoms with Crippen molar-refractivity contribution < 1.29 is 4.74 Å². The van der Waals surface area contributed by atoms with E-state index >= 15 is 0 Å². The van der Waals surface area contributed by atoms with E-state index in [1.165, 1.54) is 0 Å². The van der Waals surface area contributed by atoms with Gasteiger partial charge in [0.1, 0.15) is 11.5 Å².